The molecule has 1 N–H and O–H groups in total. The Balaban J connectivity index is 1.64. The zero-order chi connectivity index (χ0) is 24.1. The Morgan fingerprint density at radius 2 is 1.53 bits per heavy atom. The number of nitrogens with zero attached hydrogens (tertiary/aromatic N) is 4. The number of para-hydroxylation sites is 2. The summed E-state index contributed by atoms with van der Waals surface area (Å²) >= 11 is 0. The van der Waals surface area contributed by atoms with Crippen molar-refractivity contribution in [2.24, 2.45) is 10.2 Å². The molecule has 0 amide bonds. The number of azo groups is 1. The molecule has 0 aliphatic rings. The van der Waals surface area contributed by atoms with Gasteiger partial charge in [0.2, 0.25) is 0 Å². The van der Waals surface area contributed by atoms with Gasteiger partial charge in [0.1, 0.15) is 10.6 Å². The maximum Gasteiger partial charge on any atom is 0.265 e. The summed E-state index contributed by atoms with van der Waals surface area (Å²) in [5, 5.41) is 7.86. The van der Waals surface area contributed by atoms with Gasteiger partial charge in [0.25, 0.3) is 10.0 Å². The van der Waals surface area contributed by atoms with E-state index in [-0.39, 0.29) is 16.4 Å². The van der Waals surface area contributed by atoms with Crippen LogP contribution in [-0.4, -0.2) is 36.0 Å². The van der Waals surface area contributed by atoms with E-state index in [2.05, 4.69) is 24.9 Å². The van der Waals surface area contributed by atoms with Gasteiger partial charge in [-0.3, -0.25) is 19.3 Å². The van der Waals surface area contributed by atoms with Crippen LogP contribution >= 0.6 is 0 Å². The fraction of sp³-hybridized carbons (Fsp3) is 0.0833. The first kappa shape index (κ1) is 22.9. The van der Waals surface area contributed by atoms with Crippen molar-refractivity contribution in [3.63, 3.8) is 0 Å². The Labute approximate surface area is 195 Å². The van der Waals surface area contributed by atoms with E-state index in [0.29, 0.717) is 16.6 Å². The summed E-state index contributed by atoms with van der Waals surface area (Å²) < 4.78 is 28.5. The molecule has 1 unspecified atom stereocenters. The van der Waals surface area contributed by atoms with Crippen molar-refractivity contribution in [1.29, 1.82) is 0 Å². The zero-order valence-electron chi connectivity index (χ0n) is 18.0. The van der Waals surface area contributed by atoms with Crippen LogP contribution in [0.5, 0.6) is 0 Å². The first-order valence-electron chi connectivity index (χ1n) is 10.2. The van der Waals surface area contributed by atoms with Crippen LogP contribution in [0.1, 0.15) is 17.3 Å². The topological polar surface area (TPSA) is 131 Å². The molecule has 0 fully saturated rings. The highest BCUT2D eigenvalue weighted by atomic mass is 32.2. The summed E-state index contributed by atoms with van der Waals surface area (Å²) in [5.74, 6) is -1.00. The summed E-state index contributed by atoms with van der Waals surface area (Å²) in [6.45, 7) is 1.23. The lowest BCUT2D eigenvalue weighted by Gasteiger charge is -2.10. The number of hydrogen-bond acceptors (Lipinski definition) is 8. The number of anilines is 1. The largest absolute Gasteiger partial charge is 0.297 e. The summed E-state index contributed by atoms with van der Waals surface area (Å²) in [6, 6.07) is 19.8. The van der Waals surface area contributed by atoms with Crippen molar-refractivity contribution in [2.75, 3.05) is 4.72 Å². The second-order valence-corrected chi connectivity index (χ2v) is 8.93. The Morgan fingerprint density at radius 1 is 0.882 bits per heavy atom. The molecule has 0 spiro atoms. The van der Waals surface area contributed by atoms with E-state index in [4.69, 9.17) is 0 Å². The van der Waals surface area contributed by atoms with Crippen molar-refractivity contribution in [3.05, 3.63) is 90.6 Å². The van der Waals surface area contributed by atoms with Crippen LogP contribution in [0.3, 0.4) is 0 Å². The predicted octanol–water partition coefficient (Wildman–Crippen LogP) is 4.35. The third-order valence-electron chi connectivity index (χ3n) is 4.81. The van der Waals surface area contributed by atoms with E-state index in [1.807, 2.05) is 0 Å². The lowest BCUT2D eigenvalue weighted by atomic mass is 10.0. The van der Waals surface area contributed by atoms with Gasteiger partial charge in [-0.2, -0.15) is 10.2 Å². The molecule has 0 saturated carbocycles. The van der Waals surface area contributed by atoms with E-state index in [1.54, 1.807) is 60.7 Å². The van der Waals surface area contributed by atoms with Crippen LogP contribution in [0, 0.1) is 0 Å². The van der Waals surface area contributed by atoms with Gasteiger partial charge in [0.15, 0.2) is 23.4 Å². The van der Waals surface area contributed by atoms with E-state index in [0.717, 1.165) is 0 Å². The third-order valence-corrected chi connectivity index (χ3v) is 6.22. The summed E-state index contributed by atoms with van der Waals surface area (Å²) in [6.07, 6.45) is 1.31. The highest BCUT2D eigenvalue weighted by molar-refractivity contribution is 7.92. The number of carbonyl (C=O) groups is 2. The molecule has 9 nitrogen and oxygen atoms in total. The molecular weight excluding hydrogens is 454 g/mol. The lowest BCUT2D eigenvalue weighted by molar-refractivity contribution is -0.117. The number of carbonyl (C=O) groups excluding carboxylic acids is 2. The van der Waals surface area contributed by atoms with Crippen LogP contribution in [-0.2, 0) is 14.8 Å². The van der Waals surface area contributed by atoms with Gasteiger partial charge >= 0.3 is 0 Å². The molecule has 4 rings (SSSR count). The Kier molecular flexibility index (Phi) is 6.51. The molecule has 170 valence electrons. The summed E-state index contributed by atoms with van der Waals surface area (Å²) in [4.78, 5) is 33.1. The van der Waals surface area contributed by atoms with Crippen molar-refractivity contribution >= 4 is 44.1 Å². The highest BCUT2D eigenvalue weighted by Crippen LogP contribution is 2.27. The minimum Gasteiger partial charge on any atom is -0.297 e. The van der Waals surface area contributed by atoms with Crippen LogP contribution in [0.2, 0.25) is 0 Å². The molecule has 3 aromatic carbocycles. The van der Waals surface area contributed by atoms with Gasteiger partial charge in [-0.05, 0) is 31.2 Å². The zero-order valence-corrected chi connectivity index (χ0v) is 18.8. The molecule has 0 aliphatic heterocycles. The van der Waals surface area contributed by atoms with Crippen molar-refractivity contribution < 1.29 is 18.0 Å². The summed E-state index contributed by atoms with van der Waals surface area (Å²) in [5.41, 5.74) is 1.42. The van der Waals surface area contributed by atoms with Gasteiger partial charge < -0.3 is 0 Å². The van der Waals surface area contributed by atoms with Gasteiger partial charge in [0.05, 0.1) is 17.2 Å². The molecule has 0 saturated heterocycles. The third kappa shape index (κ3) is 5.02. The number of Topliss-reactive ketones (excluding diaryl/α,β-unsaturated/α-hetero) is 2. The average Bonchev–Trinajstić information content (AvgIpc) is 2.84. The molecule has 1 aromatic heterocycles. The monoisotopic (exact) mass is 473 g/mol. The number of aromatic nitrogens is 2. The van der Waals surface area contributed by atoms with Crippen LogP contribution in [0.25, 0.3) is 11.0 Å². The number of fused-ring (bicyclic) bond motifs is 1. The molecule has 4 aromatic rings. The Morgan fingerprint density at radius 3 is 2.26 bits per heavy atom. The van der Waals surface area contributed by atoms with E-state index in [1.165, 1.54) is 31.3 Å². The molecule has 1 atom stereocenters. The van der Waals surface area contributed by atoms with Crippen LogP contribution < -0.4 is 4.72 Å². The molecule has 1 heterocycles. The molecule has 0 aliphatic carbocycles. The standard InChI is InChI=1S/C24H19N5O4S/c1-16(30)23(24(31)17-9-3-2-4-10-17)28-27-20-13-7-8-14-21(20)34(32,33)29-22-15-25-18-11-5-6-12-19(18)26-22/h2-15,23H,1H3,(H,26,29). The van der Waals surface area contributed by atoms with Gasteiger partial charge in [-0.1, -0.05) is 54.6 Å². The van der Waals surface area contributed by atoms with Crippen molar-refractivity contribution in [2.45, 2.75) is 17.9 Å². The highest BCUT2D eigenvalue weighted by Gasteiger charge is 2.25. The van der Waals surface area contributed by atoms with Gasteiger partial charge in [-0.15, -0.1) is 0 Å². The van der Waals surface area contributed by atoms with E-state index < -0.39 is 27.6 Å². The molecule has 0 bridgehead atoms. The molecule has 34 heavy (non-hydrogen) atoms. The van der Waals surface area contributed by atoms with Crippen LogP contribution in [0.15, 0.2) is 100 Å². The molecule has 0 radical (unpaired) electrons. The number of sulfonamides is 1. The predicted molar refractivity (Wildman–Crippen MR) is 127 cm³/mol. The van der Waals surface area contributed by atoms with Crippen molar-refractivity contribution in [1.82, 2.24) is 9.97 Å². The summed E-state index contributed by atoms with van der Waals surface area (Å²) in [7, 11) is -4.13. The van der Waals surface area contributed by atoms with Gasteiger partial charge in [0, 0.05) is 5.56 Å². The van der Waals surface area contributed by atoms with Crippen molar-refractivity contribution in [3.8, 4) is 0 Å². The fourth-order valence-electron chi connectivity index (χ4n) is 3.16. The van der Waals surface area contributed by atoms with E-state index >= 15 is 0 Å². The maximum absolute atomic E-state index is 13.1. The first-order valence-corrected chi connectivity index (χ1v) is 11.7. The quantitative estimate of drug-likeness (QED) is 0.230. The minimum atomic E-state index is -4.13. The minimum absolute atomic E-state index is 0.0316. The lowest BCUT2D eigenvalue weighted by Crippen LogP contribution is -2.26. The normalized spacial score (nSPS) is 12.5. The Bertz CT molecular complexity index is 1500. The number of benzene rings is 3. The fourth-order valence-corrected chi connectivity index (χ4v) is 4.29. The average molecular weight is 474 g/mol. The first-order chi connectivity index (χ1) is 16.3. The number of ketones is 2. The number of rotatable bonds is 8. The smallest absolute Gasteiger partial charge is 0.265 e. The molecule has 10 heteroatoms. The number of nitrogens with one attached hydrogen (secondary N) is 1. The molecular formula is C24H19N5O4S. The SMILES string of the molecule is CC(=O)C(N=Nc1ccccc1S(=O)(=O)Nc1cnc2ccccc2n1)C(=O)c1ccccc1. The Hall–Kier alpha value is -4.31. The van der Waals surface area contributed by atoms with Gasteiger partial charge in [-0.25, -0.2) is 13.4 Å². The second kappa shape index (κ2) is 9.67. The van der Waals surface area contributed by atoms with Crippen LogP contribution in [0.4, 0.5) is 11.5 Å². The van der Waals surface area contributed by atoms with E-state index in [9.17, 15) is 18.0 Å². The number of hydrogen-bond donors (Lipinski definition) is 1. The second-order valence-electron chi connectivity index (χ2n) is 7.28. The maximum atomic E-state index is 13.1.